The SMILES string of the molecule is CC(C)(O)CNP(=O)=O. The lowest BCUT2D eigenvalue weighted by atomic mass is 10.1. The molecule has 0 spiro atoms. The molecule has 0 saturated heterocycles. The molecule has 0 aliphatic rings. The monoisotopic (exact) mass is 151 g/mol. The highest BCUT2D eigenvalue weighted by Crippen LogP contribution is 2.01. The largest absolute Gasteiger partial charge is 0.396 e. The lowest BCUT2D eigenvalue weighted by Crippen LogP contribution is -2.30. The van der Waals surface area contributed by atoms with E-state index < -0.39 is 13.4 Å². The van der Waals surface area contributed by atoms with Crippen molar-refractivity contribution in [3.63, 3.8) is 0 Å². The molecule has 0 aliphatic carbocycles. The molecule has 0 rings (SSSR count). The van der Waals surface area contributed by atoms with Crippen LogP contribution < -0.4 is 5.09 Å². The maximum Gasteiger partial charge on any atom is 0.396 e. The number of rotatable bonds is 3. The molecule has 9 heavy (non-hydrogen) atoms. The van der Waals surface area contributed by atoms with Crippen LogP contribution in [0.25, 0.3) is 0 Å². The lowest BCUT2D eigenvalue weighted by molar-refractivity contribution is 0.0856. The molecular formula is C4H10NO3P. The second kappa shape index (κ2) is 3.11. The average molecular weight is 151 g/mol. The van der Waals surface area contributed by atoms with Gasteiger partial charge in [-0.25, -0.2) is 14.2 Å². The third kappa shape index (κ3) is 7.82. The van der Waals surface area contributed by atoms with Gasteiger partial charge in [0.05, 0.1) is 5.60 Å². The molecular weight excluding hydrogens is 141 g/mol. The number of nitrogens with one attached hydrogen (secondary N) is 1. The first-order chi connectivity index (χ1) is 3.92. The minimum atomic E-state index is -2.57. The second-order valence-corrected chi connectivity index (χ2v) is 3.23. The fourth-order valence-corrected chi connectivity index (χ4v) is 0.774. The number of aliphatic hydroxyl groups is 1. The summed E-state index contributed by atoms with van der Waals surface area (Å²) in [4.78, 5) is 0. The van der Waals surface area contributed by atoms with E-state index in [0.29, 0.717) is 0 Å². The van der Waals surface area contributed by atoms with E-state index in [-0.39, 0.29) is 6.54 Å². The Morgan fingerprint density at radius 1 is 1.56 bits per heavy atom. The predicted molar refractivity (Wildman–Crippen MR) is 32.6 cm³/mol. The van der Waals surface area contributed by atoms with E-state index >= 15 is 0 Å². The zero-order valence-electron chi connectivity index (χ0n) is 5.42. The van der Waals surface area contributed by atoms with Crippen molar-refractivity contribution in [1.29, 1.82) is 0 Å². The van der Waals surface area contributed by atoms with E-state index in [1.807, 2.05) is 0 Å². The van der Waals surface area contributed by atoms with E-state index in [1.54, 1.807) is 0 Å². The van der Waals surface area contributed by atoms with Crippen molar-refractivity contribution >= 4 is 7.83 Å². The molecule has 0 aromatic rings. The Bertz CT molecular complexity index is 138. The molecule has 2 N–H and O–H groups in total. The van der Waals surface area contributed by atoms with Gasteiger partial charge in [-0.15, -0.1) is 0 Å². The molecule has 0 fully saturated rings. The van der Waals surface area contributed by atoms with Gasteiger partial charge in [0.2, 0.25) is 0 Å². The summed E-state index contributed by atoms with van der Waals surface area (Å²) in [6.45, 7) is 3.11. The van der Waals surface area contributed by atoms with Gasteiger partial charge in [-0.1, -0.05) is 0 Å². The van der Waals surface area contributed by atoms with Gasteiger partial charge in [-0.3, -0.25) is 0 Å². The maximum absolute atomic E-state index is 9.86. The van der Waals surface area contributed by atoms with Crippen molar-refractivity contribution in [2.45, 2.75) is 19.4 Å². The lowest BCUT2D eigenvalue weighted by Gasteiger charge is -2.13. The normalized spacial score (nSPS) is 11.4. The van der Waals surface area contributed by atoms with Crippen molar-refractivity contribution in [1.82, 2.24) is 5.09 Å². The minimum Gasteiger partial charge on any atom is -0.389 e. The van der Waals surface area contributed by atoms with E-state index in [0.717, 1.165) is 0 Å². The van der Waals surface area contributed by atoms with Crippen LogP contribution in [-0.2, 0) is 9.13 Å². The van der Waals surface area contributed by atoms with Crippen LogP contribution in [0.5, 0.6) is 0 Å². The van der Waals surface area contributed by atoms with Crippen LogP contribution in [0.2, 0.25) is 0 Å². The Kier molecular flexibility index (Phi) is 3.04. The first kappa shape index (κ1) is 8.82. The highest BCUT2D eigenvalue weighted by atomic mass is 31.1. The van der Waals surface area contributed by atoms with Crippen molar-refractivity contribution in [2.75, 3.05) is 6.54 Å². The van der Waals surface area contributed by atoms with Crippen LogP contribution in [0.4, 0.5) is 0 Å². The third-order valence-corrected chi connectivity index (χ3v) is 1.06. The van der Waals surface area contributed by atoms with Crippen molar-refractivity contribution in [3.8, 4) is 0 Å². The van der Waals surface area contributed by atoms with Gasteiger partial charge >= 0.3 is 7.83 Å². The van der Waals surface area contributed by atoms with Gasteiger partial charge in [0.15, 0.2) is 0 Å². The zero-order valence-corrected chi connectivity index (χ0v) is 6.31. The Morgan fingerprint density at radius 3 is 2.11 bits per heavy atom. The summed E-state index contributed by atoms with van der Waals surface area (Å²) in [6.07, 6.45) is 0. The van der Waals surface area contributed by atoms with E-state index in [2.05, 4.69) is 5.09 Å². The molecule has 0 aromatic carbocycles. The molecule has 54 valence electrons. The molecule has 0 saturated carbocycles. The van der Waals surface area contributed by atoms with E-state index in [4.69, 9.17) is 5.11 Å². The molecule has 0 atom stereocenters. The van der Waals surface area contributed by atoms with E-state index in [9.17, 15) is 9.13 Å². The summed E-state index contributed by atoms with van der Waals surface area (Å²) < 4.78 is 19.7. The zero-order chi connectivity index (χ0) is 7.49. The molecule has 0 aliphatic heterocycles. The standard InChI is InChI=1S/C4H10NO3P/c1-4(2,6)3-5-9(7)8/h6H,3H2,1-2H3,(H,5,7,8). The quantitative estimate of drug-likeness (QED) is 0.574. The van der Waals surface area contributed by atoms with Gasteiger partial charge in [-0.05, 0) is 13.8 Å². The molecule has 0 heterocycles. The van der Waals surface area contributed by atoms with Crippen LogP contribution in [0.3, 0.4) is 0 Å². The van der Waals surface area contributed by atoms with Crippen LogP contribution in [0, 0.1) is 0 Å². The predicted octanol–water partition coefficient (Wildman–Crippen LogP) is 0.435. The van der Waals surface area contributed by atoms with Crippen LogP contribution >= 0.6 is 7.83 Å². The van der Waals surface area contributed by atoms with Crippen LogP contribution in [-0.4, -0.2) is 17.3 Å². The van der Waals surface area contributed by atoms with Crippen LogP contribution in [0.1, 0.15) is 13.8 Å². The second-order valence-electron chi connectivity index (χ2n) is 2.40. The third-order valence-electron chi connectivity index (χ3n) is 0.641. The van der Waals surface area contributed by atoms with Crippen LogP contribution in [0.15, 0.2) is 0 Å². The van der Waals surface area contributed by atoms with Crippen molar-refractivity contribution < 1.29 is 14.2 Å². The smallest absolute Gasteiger partial charge is 0.389 e. The first-order valence-electron chi connectivity index (χ1n) is 2.52. The summed E-state index contributed by atoms with van der Waals surface area (Å²) in [6, 6.07) is 0. The van der Waals surface area contributed by atoms with Gasteiger partial charge in [-0.2, -0.15) is 0 Å². The summed E-state index contributed by atoms with van der Waals surface area (Å²) in [7, 11) is -2.57. The van der Waals surface area contributed by atoms with Gasteiger partial charge in [0.25, 0.3) is 0 Å². The number of hydrogen-bond donors (Lipinski definition) is 2. The maximum atomic E-state index is 9.86. The molecule has 0 radical (unpaired) electrons. The molecule has 5 heteroatoms. The summed E-state index contributed by atoms with van der Waals surface area (Å²) >= 11 is 0. The molecule has 0 aromatic heterocycles. The first-order valence-corrected chi connectivity index (χ1v) is 3.70. The highest BCUT2D eigenvalue weighted by molar-refractivity contribution is 7.28. The summed E-state index contributed by atoms with van der Waals surface area (Å²) in [5, 5.41) is 11.0. The molecule has 0 unspecified atom stereocenters. The van der Waals surface area contributed by atoms with Gasteiger partial charge < -0.3 is 5.11 Å². The Hall–Kier alpha value is -0.180. The minimum absolute atomic E-state index is 0.0612. The highest BCUT2D eigenvalue weighted by Gasteiger charge is 2.11. The topological polar surface area (TPSA) is 66.4 Å². The van der Waals surface area contributed by atoms with Crippen molar-refractivity contribution in [3.05, 3.63) is 0 Å². The Labute approximate surface area is 54.1 Å². The van der Waals surface area contributed by atoms with Gasteiger partial charge in [0, 0.05) is 6.54 Å². The fourth-order valence-electron chi connectivity index (χ4n) is 0.258. The summed E-state index contributed by atoms with van der Waals surface area (Å²) in [5.41, 5.74) is -0.963. The average Bonchev–Trinajstić information content (AvgIpc) is 1.59. The molecule has 4 nitrogen and oxygen atoms in total. The molecule has 0 bridgehead atoms. The van der Waals surface area contributed by atoms with Gasteiger partial charge in [0.1, 0.15) is 0 Å². The fraction of sp³-hybridized carbons (Fsp3) is 1.00. The Balaban J connectivity index is 3.52. The Morgan fingerprint density at radius 2 is 2.00 bits per heavy atom. The summed E-state index contributed by atoms with van der Waals surface area (Å²) in [5.74, 6) is 0. The van der Waals surface area contributed by atoms with Crippen molar-refractivity contribution in [2.24, 2.45) is 0 Å². The number of hydrogen-bond acceptors (Lipinski definition) is 3. The van der Waals surface area contributed by atoms with E-state index in [1.165, 1.54) is 13.8 Å². The molecule has 0 amide bonds.